The van der Waals surface area contributed by atoms with Crippen LogP contribution in [0.25, 0.3) is 27.5 Å². The Bertz CT molecular complexity index is 1360. The second-order valence-corrected chi connectivity index (χ2v) is 8.57. The van der Waals surface area contributed by atoms with E-state index < -0.39 is 9.84 Å². The highest BCUT2D eigenvalue weighted by Gasteiger charge is 2.23. The first-order valence-corrected chi connectivity index (χ1v) is 10.5. The van der Waals surface area contributed by atoms with Crippen molar-refractivity contribution in [3.63, 3.8) is 0 Å². The number of hydrogen-bond acceptors (Lipinski definition) is 2. The van der Waals surface area contributed by atoms with Gasteiger partial charge < -0.3 is 4.57 Å². The summed E-state index contributed by atoms with van der Waals surface area (Å²) in [6, 6.07) is 32.0. The Labute approximate surface area is 163 Å². The molecule has 0 amide bonds. The molecule has 5 rings (SSSR count). The van der Waals surface area contributed by atoms with Crippen LogP contribution < -0.4 is 0 Å². The highest BCUT2D eigenvalue weighted by atomic mass is 32.2. The number of para-hydroxylation sites is 3. The Balaban J connectivity index is 1.88. The van der Waals surface area contributed by atoms with Crippen LogP contribution in [0, 0.1) is 0 Å². The highest BCUT2D eigenvalue weighted by molar-refractivity contribution is 7.91. The summed E-state index contributed by atoms with van der Waals surface area (Å²) >= 11 is 0. The van der Waals surface area contributed by atoms with Crippen LogP contribution in [0.3, 0.4) is 0 Å². The summed E-state index contributed by atoms with van der Waals surface area (Å²) in [6.07, 6.45) is 0. The summed E-state index contributed by atoms with van der Waals surface area (Å²) < 4.78 is 28.9. The maximum Gasteiger partial charge on any atom is 0.208 e. The van der Waals surface area contributed by atoms with Gasteiger partial charge in [-0.1, -0.05) is 66.7 Å². The van der Waals surface area contributed by atoms with Crippen LogP contribution in [0.15, 0.2) is 113 Å². The molecule has 0 aliphatic heterocycles. The monoisotopic (exact) mass is 383 g/mol. The molecular weight excluding hydrogens is 366 g/mol. The molecule has 5 aromatic rings. The molecule has 0 bridgehead atoms. The maximum atomic E-state index is 13.4. The first-order chi connectivity index (χ1) is 13.7. The Morgan fingerprint density at radius 1 is 0.536 bits per heavy atom. The fourth-order valence-electron chi connectivity index (χ4n) is 3.78. The van der Waals surface area contributed by atoms with Crippen LogP contribution in [0.1, 0.15) is 0 Å². The van der Waals surface area contributed by atoms with E-state index in [1.54, 1.807) is 36.4 Å². The van der Waals surface area contributed by atoms with E-state index in [9.17, 15) is 8.42 Å². The van der Waals surface area contributed by atoms with Crippen LogP contribution in [-0.4, -0.2) is 13.0 Å². The lowest BCUT2D eigenvalue weighted by Gasteiger charge is -2.14. The van der Waals surface area contributed by atoms with Crippen molar-refractivity contribution >= 4 is 31.6 Å². The summed E-state index contributed by atoms with van der Waals surface area (Å²) in [5.41, 5.74) is 2.63. The van der Waals surface area contributed by atoms with Gasteiger partial charge in [0.05, 0.1) is 26.5 Å². The van der Waals surface area contributed by atoms with E-state index >= 15 is 0 Å². The van der Waals surface area contributed by atoms with Crippen LogP contribution in [0.5, 0.6) is 0 Å². The average molecular weight is 383 g/mol. The molecule has 1 heterocycles. The molecule has 4 aromatic carbocycles. The van der Waals surface area contributed by atoms with Crippen molar-refractivity contribution in [2.75, 3.05) is 0 Å². The number of nitrogens with zero attached hydrogens (tertiary/aromatic N) is 1. The van der Waals surface area contributed by atoms with Crippen molar-refractivity contribution in [2.45, 2.75) is 9.79 Å². The van der Waals surface area contributed by atoms with Crippen molar-refractivity contribution < 1.29 is 8.42 Å². The Morgan fingerprint density at radius 3 is 1.68 bits per heavy atom. The van der Waals surface area contributed by atoms with Crippen molar-refractivity contribution in [1.29, 1.82) is 0 Å². The Morgan fingerprint density at radius 2 is 1.04 bits per heavy atom. The summed E-state index contributed by atoms with van der Waals surface area (Å²) in [4.78, 5) is 0.593. The van der Waals surface area contributed by atoms with Crippen molar-refractivity contribution in [2.24, 2.45) is 0 Å². The van der Waals surface area contributed by atoms with Gasteiger partial charge in [-0.3, -0.25) is 0 Å². The minimum Gasteiger partial charge on any atom is -0.308 e. The van der Waals surface area contributed by atoms with Gasteiger partial charge in [-0.2, -0.15) is 0 Å². The molecule has 0 aliphatic rings. The van der Waals surface area contributed by atoms with Gasteiger partial charge in [-0.25, -0.2) is 8.42 Å². The minimum absolute atomic E-state index is 0.295. The summed E-state index contributed by atoms with van der Waals surface area (Å²) in [5, 5.41) is 2.20. The van der Waals surface area contributed by atoms with Gasteiger partial charge in [0.15, 0.2) is 0 Å². The quantitative estimate of drug-likeness (QED) is 0.406. The zero-order valence-corrected chi connectivity index (χ0v) is 15.8. The van der Waals surface area contributed by atoms with Gasteiger partial charge in [-0.15, -0.1) is 0 Å². The summed E-state index contributed by atoms with van der Waals surface area (Å²) in [7, 11) is -3.65. The molecule has 0 radical (unpaired) electrons. The molecule has 1 aromatic heterocycles. The lowest BCUT2D eigenvalue weighted by atomic mass is 10.2. The molecular formula is C24H17NO2S. The zero-order valence-electron chi connectivity index (χ0n) is 15.0. The van der Waals surface area contributed by atoms with Crippen LogP contribution >= 0.6 is 0 Å². The predicted octanol–water partition coefficient (Wildman–Crippen LogP) is 5.62. The van der Waals surface area contributed by atoms with Gasteiger partial charge in [0, 0.05) is 10.8 Å². The first kappa shape index (κ1) is 16.8. The second kappa shape index (κ2) is 6.36. The Kier molecular flexibility index (Phi) is 3.81. The lowest BCUT2D eigenvalue weighted by molar-refractivity contribution is 0.595. The predicted molar refractivity (Wildman–Crippen MR) is 113 cm³/mol. The van der Waals surface area contributed by atoms with E-state index in [4.69, 9.17) is 0 Å². The number of rotatable bonds is 3. The average Bonchev–Trinajstić information content (AvgIpc) is 3.09. The number of sulfone groups is 1. The van der Waals surface area contributed by atoms with E-state index in [1.165, 1.54) is 0 Å². The highest BCUT2D eigenvalue weighted by Crippen LogP contribution is 2.35. The largest absolute Gasteiger partial charge is 0.308 e. The van der Waals surface area contributed by atoms with E-state index in [-0.39, 0.29) is 0 Å². The van der Waals surface area contributed by atoms with E-state index in [0.29, 0.717) is 15.5 Å². The molecule has 3 nitrogen and oxygen atoms in total. The van der Waals surface area contributed by atoms with E-state index in [1.807, 2.05) is 59.2 Å². The number of fused-ring (bicyclic) bond motifs is 3. The maximum absolute atomic E-state index is 13.4. The molecule has 0 N–H and O–H groups in total. The van der Waals surface area contributed by atoms with Gasteiger partial charge in [0.2, 0.25) is 9.84 Å². The molecule has 0 unspecified atom stereocenters. The standard InChI is InChI=1S/C24H17NO2S/c26-28(27,18-10-2-1-3-11-18)24-17-9-8-16-23(24)25-21-14-6-4-12-19(21)20-13-5-7-15-22(20)25/h1-17H. The van der Waals surface area contributed by atoms with Gasteiger partial charge in [0.1, 0.15) is 0 Å². The summed E-state index contributed by atoms with van der Waals surface area (Å²) in [6.45, 7) is 0. The zero-order chi connectivity index (χ0) is 19.1. The number of hydrogen-bond donors (Lipinski definition) is 0. The third-order valence-electron chi connectivity index (χ3n) is 5.03. The molecule has 0 atom stereocenters. The number of aromatic nitrogens is 1. The SMILES string of the molecule is O=S(=O)(c1ccccc1)c1ccccc1-n1c2ccccc2c2ccccc21. The third kappa shape index (κ3) is 2.46. The molecule has 4 heteroatoms. The third-order valence-corrected chi connectivity index (χ3v) is 6.85. The van der Waals surface area contributed by atoms with Crippen LogP contribution in [0.4, 0.5) is 0 Å². The molecule has 0 spiro atoms. The van der Waals surface area contributed by atoms with Gasteiger partial charge in [-0.05, 0) is 36.4 Å². The topological polar surface area (TPSA) is 39.1 Å². The molecule has 0 saturated carbocycles. The first-order valence-electron chi connectivity index (χ1n) is 9.06. The molecule has 136 valence electrons. The van der Waals surface area contributed by atoms with Crippen molar-refractivity contribution in [3.05, 3.63) is 103 Å². The smallest absolute Gasteiger partial charge is 0.208 e. The molecule has 0 aliphatic carbocycles. The van der Waals surface area contributed by atoms with Crippen molar-refractivity contribution in [1.82, 2.24) is 4.57 Å². The normalized spacial score (nSPS) is 11.9. The molecule has 0 saturated heterocycles. The fraction of sp³-hybridized carbons (Fsp3) is 0. The number of benzene rings is 4. The molecule has 0 fully saturated rings. The van der Waals surface area contributed by atoms with Crippen LogP contribution in [-0.2, 0) is 9.84 Å². The molecule has 28 heavy (non-hydrogen) atoms. The van der Waals surface area contributed by atoms with Crippen LogP contribution in [0.2, 0.25) is 0 Å². The lowest BCUT2D eigenvalue weighted by Crippen LogP contribution is -2.07. The van der Waals surface area contributed by atoms with Crippen molar-refractivity contribution in [3.8, 4) is 5.69 Å². The van der Waals surface area contributed by atoms with Gasteiger partial charge >= 0.3 is 0 Å². The second-order valence-electron chi connectivity index (χ2n) is 6.65. The summed E-state index contributed by atoms with van der Waals surface area (Å²) in [5.74, 6) is 0. The van der Waals surface area contributed by atoms with E-state index in [0.717, 1.165) is 21.8 Å². The van der Waals surface area contributed by atoms with Gasteiger partial charge in [0.25, 0.3) is 0 Å². The minimum atomic E-state index is -3.65. The van der Waals surface area contributed by atoms with E-state index in [2.05, 4.69) is 12.1 Å². The fourth-order valence-corrected chi connectivity index (χ4v) is 5.24. The Hall–Kier alpha value is -3.37.